The van der Waals surface area contributed by atoms with Crippen molar-refractivity contribution in [3.63, 3.8) is 0 Å². The van der Waals surface area contributed by atoms with E-state index in [2.05, 4.69) is 6.08 Å². The van der Waals surface area contributed by atoms with Gasteiger partial charge in [-0.1, -0.05) is 30.9 Å². The maximum atomic E-state index is 12.5. The number of rotatable bonds is 2. The van der Waals surface area contributed by atoms with E-state index in [0.717, 1.165) is 19.3 Å². The zero-order valence-electron chi connectivity index (χ0n) is 12.9. The zero-order valence-corrected chi connectivity index (χ0v) is 12.9. The summed E-state index contributed by atoms with van der Waals surface area (Å²) in [5.74, 6) is 0.183. The summed E-state index contributed by atoms with van der Waals surface area (Å²) in [6.45, 7) is 0. The standard InChI is InChI=1S/C17H24O4/c1-20-15(18)17(16(19)21-2)9-8-12-10-11-6-4-3-5-7-13(17)14(11)12/h10-11,13-14H,3-9H2,1-2H3/t11-,13+,14-/m0/s1. The van der Waals surface area contributed by atoms with Crippen molar-refractivity contribution in [2.24, 2.45) is 23.2 Å². The van der Waals surface area contributed by atoms with E-state index >= 15 is 0 Å². The highest BCUT2D eigenvalue weighted by Gasteiger charge is 2.61. The number of ether oxygens (including phenoxy) is 2. The van der Waals surface area contributed by atoms with Crippen LogP contribution in [0.15, 0.2) is 11.6 Å². The molecule has 3 rings (SSSR count). The summed E-state index contributed by atoms with van der Waals surface area (Å²) in [5, 5.41) is 0. The lowest BCUT2D eigenvalue weighted by atomic mass is 9.50. The van der Waals surface area contributed by atoms with Crippen LogP contribution in [-0.4, -0.2) is 26.2 Å². The van der Waals surface area contributed by atoms with E-state index in [9.17, 15) is 9.59 Å². The molecule has 0 aliphatic heterocycles. The Morgan fingerprint density at radius 1 is 1.10 bits per heavy atom. The van der Waals surface area contributed by atoms with Crippen molar-refractivity contribution >= 4 is 11.9 Å². The fourth-order valence-electron chi connectivity index (χ4n) is 4.85. The van der Waals surface area contributed by atoms with Crippen molar-refractivity contribution in [3.8, 4) is 0 Å². The van der Waals surface area contributed by atoms with Crippen LogP contribution in [0.2, 0.25) is 0 Å². The van der Waals surface area contributed by atoms with Crippen LogP contribution >= 0.6 is 0 Å². The topological polar surface area (TPSA) is 52.6 Å². The molecule has 0 saturated heterocycles. The second kappa shape index (κ2) is 5.47. The first kappa shape index (κ1) is 14.6. The van der Waals surface area contributed by atoms with Gasteiger partial charge in [-0.25, -0.2) is 0 Å². The van der Waals surface area contributed by atoms with Gasteiger partial charge in [0.2, 0.25) is 0 Å². The van der Waals surface area contributed by atoms with Crippen molar-refractivity contribution in [1.29, 1.82) is 0 Å². The number of esters is 2. The molecule has 116 valence electrons. The molecular weight excluding hydrogens is 268 g/mol. The summed E-state index contributed by atoms with van der Waals surface area (Å²) in [5.41, 5.74) is 0.372. The van der Waals surface area contributed by atoms with E-state index in [1.54, 1.807) is 0 Å². The molecule has 2 saturated carbocycles. The van der Waals surface area contributed by atoms with E-state index < -0.39 is 17.4 Å². The Morgan fingerprint density at radius 3 is 2.43 bits per heavy atom. The van der Waals surface area contributed by atoms with Gasteiger partial charge in [0.15, 0.2) is 5.41 Å². The minimum atomic E-state index is -1.08. The van der Waals surface area contributed by atoms with Gasteiger partial charge in [0.05, 0.1) is 14.2 Å². The van der Waals surface area contributed by atoms with Crippen LogP contribution in [0, 0.1) is 23.2 Å². The lowest BCUT2D eigenvalue weighted by Gasteiger charge is -2.53. The maximum Gasteiger partial charge on any atom is 0.323 e. The second-order valence-electron chi connectivity index (χ2n) is 6.63. The molecule has 0 radical (unpaired) electrons. The molecule has 0 heterocycles. The maximum absolute atomic E-state index is 12.5. The Bertz CT molecular complexity index is 463. The highest BCUT2D eigenvalue weighted by Crippen LogP contribution is 2.59. The number of carbonyl (C=O) groups is 2. The van der Waals surface area contributed by atoms with Crippen LogP contribution in [-0.2, 0) is 19.1 Å². The Hall–Kier alpha value is -1.32. The molecule has 0 amide bonds. The normalized spacial score (nSPS) is 33.4. The van der Waals surface area contributed by atoms with Crippen molar-refractivity contribution in [2.75, 3.05) is 14.2 Å². The molecule has 21 heavy (non-hydrogen) atoms. The Morgan fingerprint density at radius 2 is 1.76 bits per heavy atom. The smallest absolute Gasteiger partial charge is 0.323 e. The predicted molar refractivity (Wildman–Crippen MR) is 77.3 cm³/mol. The van der Waals surface area contributed by atoms with E-state index in [1.165, 1.54) is 39.1 Å². The van der Waals surface area contributed by atoms with Crippen molar-refractivity contribution in [3.05, 3.63) is 11.6 Å². The van der Waals surface area contributed by atoms with Crippen LogP contribution in [0.3, 0.4) is 0 Å². The first-order valence-electron chi connectivity index (χ1n) is 8.02. The number of hydrogen-bond acceptors (Lipinski definition) is 4. The Kier molecular flexibility index (Phi) is 3.80. The van der Waals surface area contributed by atoms with Gasteiger partial charge >= 0.3 is 11.9 Å². The van der Waals surface area contributed by atoms with E-state index in [4.69, 9.17) is 9.47 Å². The molecule has 4 heteroatoms. The lowest BCUT2D eigenvalue weighted by molar-refractivity contribution is -0.179. The SMILES string of the molecule is COC(=O)C1(C(=O)OC)CCC2=C[C@@H]3CCCCC[C@@H]1[C@H]23. The Labute approximate surface area is 125 Å². The minimum absolute atomic E-state index is 0.0523. The first-order valence-corrected chi connectivity index (χ1v) is 8.02. The summed E-state index contributed by atoms with van der Waals surface area (Å²) in [6, 6.07) is 0. The molecule has 4 nitrogen and oxygen atoms in total. The van der Waals surface area contributed by atoms with Crippen molar-refractivity contribution in [2.45, 2.75) is 44.9 Å². The highest BCUT2D eigenvalue weighted by molar-refractivity contribution is 6.00. The molecule has 0 aromatic heterocycles. The third-order valence-electron chi connectivity index (χ3n) is 5.84. The minimum Gasteiger partial charge on any atom is -0.468 e. The zero-order chi connectivity index (χ0) is 15.0. The summed E-state index contributed by atoms with van der Waals surface area (Å²) in [4.78, 5) is 25.0. The quantitative estimate of drug-likeness (QED) is 0.446. The molecule has 3 atom stereocenters. The molecule has 0 N–H and O–H groups in total. The van der Waals surface area contributed by atoms with Crippen LogP contribution in [0.1, 0.15) is 44.9 Å². The third kappa shape index (κ3) is 2.02. The van der Waals surface area contributed by atoms with Crippen molar-refractivity contribution < 1.29 is 19.1 Å². The van der Waals surface area contributed by atoms with Crippen LogP contribution in [0.25, 0.3) is 0 Å². The van der Waals surface area contributed by atoms with Gasteiger partial charge in [-0.15, -0.1) is 0 Å². The summed E-state index contributed by atoms with van der Waals surface area (Å²) in [6.07, 6.45) is 9.35. The Balaban J connectivity index is 2.01. The monoisotopic (exact) mass is 292 g/mol. The molecule has 0 bridgehead atoms. The molecule has 0 spiro atoms. The van der Waals surface area contributed by atoms with Crippen LogP contribution < -0.4 is 0 Å². The highest BCUT2D eigenvalue weighted by atomic mass is 16.5. The van der Waals surface area contributed by atoms with Gasteiger partial charge in [0.1, 0.15) is 0 Å². The molecule has 0 aromatic carbocycles. The number of methoxy groups -OCH3 is 2. The summed E-state index contributed by atoms with van der Waals surface area (Å²) >= 11 is 0. The summed E-state index contributed by atoms with van der Waals surface area (Å²) in [7, 11) is 2.75. The van der Waals surface area contributed by atoms with Gasteiger partial charge in [-0.3, -0.25) is 9.59 Å². The molecule has 3 aliphatic carbocycles. The van der Waals surface area contributed by atoms with E-state index in [-0.39, 0.29) is 5.92 Å². The molecular formula is C17H24O4. The fraction of sp³-hybridized carbons (Fsp3) is 0.765. The van der Waals surface area contributed by atoms with Gasteiger partial charge in [0, 0.05) is 0 Å². The van der Waals surface area contributed by atoms with E-state index in [0.29, 0.717) is 18.3 Å². The van der Waals surface area contributed by atoms with Gasteiger partial charge in [0.25, 0.3) is 0 Å². The average molecular weight is 292 g/mol. The van der Waals surface area contributed by atoms with Crippen molar-refractivity contribution in [1.82, 2.24) is 0 Å². The van der Waals surface area contributed by atoms with Crippen LogP contribution in [0.5, 0.6) is 0 Å². The average Bonchev–Trinajstić information content (AvgIpc) is 2.46. The fourth-order valence-corrected chi connectivity index (χ4v) is 4.85. The first-order chi connectivity index (χ1) is 10.1. The van der Waals surface area contributed by atoms with Gasteiger partial charge in [-0.2, -0.15) is 0 Å². The molecule has 2 fully saturated rings. The largest absolute Gasteiger partial charge is 0.468 e. The predicted octanol–water partition coefficient (Wildman–Crippen LogP) is 2.87. The number of carbonyl (C=O) groups excluding carboxylic acids is 2. The van der Waals surface area contributed by atoms with Gasteiger partial charge < -0.3 is 9.47 Å². The molecule has 3 aliphatic rings. The number of hydrogen-bond donors (Lipinski definition) is 0. The molecule has 0 unspecified atom stereocenters. The van der Waals surface area contributed by atoms with Gasteiger partial charge in [-0.05, 0) is 43.4 Å². The van der Waals surface area contributed by atoms with Crippen LogP contribution in [0.4, 0.5) is 0 Å². The second-order valence-corrected chi connectivity index (χ2v) is 6.63. The lowest BCUT2D eigenvalue weighted by Crippen LogP contribution is -2.55. The molecule has 0 aromatic rings. The van der Waals surface area contributed by atoms with E-state index in [1.807, 2.05) is 0 Å². The summed E-state index contributed by atoms with van der Waals surface area (Å²) < 4.78 is 10.1. The number of allylic oxidation sites excluding steroid dienone is 2. The third-order valence-corrected chi connectivity index (χ3v) is 5.84.